The lowest BCUT2D eigenvalue weighted by Crippen LogP contribution is -2.21. The molecule has 0 aliphatic rings. The average molecular weight is 435 g/mol. The Morgan fingerprint density at radius 3 is 2.07 bits per heavy atom. The fourth-order valence-electron chi connectivity index (χ4n) is 3.78. The Morgan fingerprint density at radius 1 is 0.793 bits per heavy atom. The second kappa shape index (κ2) is 7.55. The molecule has 0 saturated carbocycles. The van der Waals surface area contributed by atoms with Gasteiger partial charge in [-0.05, 0) is 29.6 Å². The summed E-state index contributed by atoms with van der Waals surface area (Å²) in [5.41, 5.74) is 0. The van der Waals surface area contributed by atoms with Crippen molar-refractivity contribution in [3.05, 3.63) is 95.2 Å². The molecule has 0 amide bonds. The van der Waals surface area contributed by atoms with E-state index in [-0.39, 0.29) is 6.16 Å². The smallest absolute Gasteiger partial charge is 0.146 e. The van der Waals surface area contributed by atoms with Crippen molar-refractivity contribution in [2.75, 3.05) is 6.16 Å². The van der Waals surface area contributed by atoms with Gasteiger partial charge in [0.2, 0.25) is 0 Å². The maximum absolute atomic E-state index is 14.2. The first kappa shape index (κ1) is 18.8. The standard InChI is InChI=1S/C24H19O2PS2/c25-21(24-15-20-19-13-14-28-22(19)11-12-23(20)29-24)16-27(26,17-7-3-1-4-8-17)18-9-5-2-6-10-18/h1-15,21,25H,16H2. The minimum atomic E-state index is -2.97. The van der Waals surface area contributed by atoms with Gasteiger partial charge in [-0.1, -0.05) is 60.7 Å². The van der Waals surface area contributed by atoms with E-state index < -0.39 is 13.2 Å². The SMILES string of the molecule is O=P(CC(O)c1cc2c(ccc3sccc32)s1)(c1ccccc1)c1ccccc1. The molecule has 29 heavy (non-hydrogen) atoms. The van der Waals surface area contributed by atoms with Gasteiger partial charge in [0.15, 0.2) is 0 Å². The molecule has 0 fully saturated rings. The second-order valence-corrected chi connectivity index (χ2v) is 12.0. The molecule has 1 atom stereocenters. The van der Waals surface area contributed by atoms with Crippen LogP contribution in [0.4, 0.5) is 0 Å². The molecule has 0 bridgehead atoms. The number of rotatable bonds is 5. The minimum Gasteiger partial charge on any atom is -0.387 e. The number of hydrogen-bond acceptors (Lipinski definition) is 4. The van der Waals surface area contributed by atoms with E-state index in [1.165, 1.54) is 10.1 Å². The molecule has 0 spiro atoms. The molecule has 5 rings (SSSR count). The van der Waals surface area contributed by atoms with Gasteiger partial charge in [0.1, 0.15) is 7.14 Å². The molecule has 2 aromatic heterocycles. The van der Waals surface area contributed by atoms with E-state index in [4.69, 9.17) is 0 Å². The van der Waals surface area contributed by atoms with E-state index in [1.54, 1.807) is 22.7 Å². The lowest BCUT2D eigenvalue weighted by atomic mass is 10.1. The van der Waals surface area contributed by atoms with Crippen LogP contribution in [-0.4, -0.2) is 11.3 Å². The maximum Gasteiger partial charge on any atom is 0.146 e. The highest BCUT2D eigenvalue weighted by atomic mass is 32.1. The second-order valence-electron chi connectivity index (χ2n) is 7.07. The molecule has 0 radical (unpaired) electrons. The molecule has 2 nitrogen and oxygen atoms in total. The number of aliphatic hydroxyl groups excluding tert-OH is 1. The first-order valence-electron chi connectivity index (χ1n) is 9.43. The summed E-state index contributed by atoms with van der Waals surface area (Å²) in [6, 6.07) is 27.5. The molecule has 0 saturated heterocycles. The van der Waals surface area contributed by atoms with Gasteiger partial charge >= 0.3 is 0 Å². The highest BCUT2D eigenvalue weighted by Gasteiger charge is 2.31. The molecular formula is C24H19O2PS2. The molecule has 0 aliphatic heterocycles. The summed E-state index contributed by atoms with van der Waals surface area (Å²) in [4.78, 5) is 0.866. The molecule has 1 unspecified atom stereocenters. The highest BCUT2D eigenvalue weighted by Crippen LogP contribution is 2.48. The Balaban J connectivity index is 1.57. The van der Waals surface area contributed by atoms with Gasteiger partial charge in [-0.15, -0.1) is 22.7 Å². The Bertz CT molecular complexity index is 1280. The predicted molar refractivity (Wildman–Crippen MR) is 127 cm³/mol. The number of hydrogen-bond donors (Lipinski definition) is 1. The van der Waals surface area contributed by atoms with Crippen LogP contribution in [0.25, 0.3) is 20.2 Å². The summed E-state index contributed by atoms with van der Waals surface area (Å²) >= 11 is 3.31. The fourth-order valence-corrected chi connectivity index (χ4v) is 8.48. The number of benzene rings is 3. The first-order valence-corrected chi connectivity index (χ1v) is 13.0. The van der Waals surface area contributed by atoms with Gasteiger partial charge in [-0.3, -0.25) is 0 Å². The van der Waals surface area contributed by atoms with Crippen LogP contribution in [0.1, 0.15) is 11.0 Å². The normalized spacial score (nSPS) is 13.1. The van der Waals surface area contributed by atoms with Crippen molar-refractivity contribution < 1.29 is 9.67 Å². The van der Waals surface area contributed by atoms with Crippen LogP contribution in [0.2, 0.25) is 0 Å². The summed E-state index contributed by atoms with van der Waals surface area (Å²) in [5, 5.41) is 17.2. The molecule has 144 valence electrons. The van der Waals surface area contributed by atoms with Crippen LogP contribution in [0.15, 0.2) is 90.3 Å². The van der Waals surface area contributed by atoms with Gasteiger partial charge in [0, 0.05) is 41.8 Å². The summed E-state index contributed by atoms with van der Waals surface area (Å²) in [6.07, 6.45) is -0.590. The zero-order valence-corrected chi connectivity index (χ0v) is 18.1. The van der Waals surface area contributed by atoms with Gasteiger partial charge < -0.3 is 9.67 Å². The predicted octanol–water partition coefficient (Wildman–Crippen LogP) is 6.16. The van der Waals surface area contributed by atoms with Crippen LogP contribution >= 0.6 is 29.8 Å². The van der Waals surface area contributed by atoms with Crippen molar-refractivity contribution >= 4 is 60.6 Å². The van der Waals surface area contributed by atoms with E-state index in [0.29, 0.717) is 0 Å². The minimum absolute atomic E-state index is 0.195. The van der Waals surface area contributed by atoms with Gasteiger partial charge in [0.05, 0.1) is 6.10 Å². The zero-order valence-electron chi connectivity index (χ0n) is 15.6. The third-order valence-corrected chi connectivity index (χ3v) is 10.5. The van der Waals surface area contributed by atoms with Gasteiger partial charge in [-0.25, -0.2) is 0 Å². The highest BCUT2D eigenvalue weighted by molar-refractivity contribution is 7.78. The van der Waals surface area contributed by atoms with E-state index in [1.807, 2.05) is 60.7 Å². The van der Waals surface area contributed by atoms with Gasteiger partial charge in [-0.2, -0.15) is 0 Å². The molecule has 1 N–H and O–H groups in total. The summed E-state index contributed by atoms with van der Waals surface area (Å²) in [6.45, 7) is 0. The number of aliphatic hydroxyl groups is 1. The van der Waals surface area contributed by atoms with Crippen LogP contribution in [-0.2, 0) is 4.57 Å². The number of thiophene rings is 2. The third kappa shape index (κ3) is 3.37. The third-order valence-electron chi connectivity index (χ3n) is 5.26. The molecular weight excluding hydrogens is 415 g/mol. The lowest BCUT2D eigenvalue weighted by molar-refractivity contribution is 0.206. The topological polar surface area (TPSA) is 37.3 Å². The van der Waals surface area contributed by atoms with Crippen LogP contribution in [0, 0.1) is 0 Å². The molecule has 5 aromatic rings. The maximum atomic E-state index is 14.2. The molecule has 5 heteroatoms. The quantitative estimate of drug-likeness (QED) is 0.336. The Kier molecular flexibility index (Phi) is 4.89. The van der Waals surface area contributed by atoms with Crippen LogP contribution in [0.5, 0.6) is 0 Å². The monoisotopic (exact) mass is 434 g/mol. The van der Waals surface area contributed by atoms with Crippen molar-refractivity contribution in [1.82, 2.24) is 0 Å². The van der Waals surface area contributed by atoms with E-state index in [9.17, 15) is 9.67 Å². The van der Waals surface area contributed by atoms with Crippen LogP contribution in [0.3, 0.4) is 0 Å². The van der Waals surface area contributed by atoms with Crippen molar-refractivity contribution in [3.63, 3.8) is 0 Å². The van der Waals surface area contributed by atoms with Crippen molar-refractivity contribution in [2.45, 2.75) is 6.10 Å². The molecule has 3 aromatic carbocycles. The summed E-state index contributed by atoms with van der Waals surface area (Å²) < 4.78 is 16.6. The van der Waals surface area contributed by atoms with Crippen molar-refractivity contribution in [3.8, 4) is 0 Å². The van der Waals surface area contributed by atoms with E-state index in [0.717, 1.165) is 25.6 Å². The van der Waals surface area contributed by atoms with Gasteiger partial charge in [0.25, 0.3) is 0 Å². The lowest BCUT2D eigenvalue weighted by Gasteiger charge is -2.22. The summed E-state index contributed by atoms with van der Waals surface area (Å²) in [7, 11) is -2.97. The Labute approximate surface area is 177 Å². The van der Waals surface area contributed by atoms with Crippen molar-refractivity contribution in [2.24, 2.45) is 0 Å². The first-order chi connectivity index (χ1) is 14.1. The zero-order chi connectivity index (χ0) is 19.8. The average Bonchev–Trinajstić information content (AvgIpc) is 3.41. The number of fused-ring (bicyclic) bond motifs is 3. The Morgan fingerprint density at radius 2 is 1.41 bits per heavy atom. The van der Waals surface area contributed by atoms with Crippen LogP contribution < -0.4 is 10.6 Å². The van der Waals surface area contributed by atoms with Crippen molar-refractivity contribution in [1.29, 1.82) is 0 Å². The molecule has 2 heterocycles. The summed E-state index contributed by atoms with van der Waals surface area (Å²) in [5.74, 6) is 0. The Hall–Kier alpha value is -2.23. The van der Waals surface area contributed by atoms with E-state index in [2.05, 4.69) is 29.6 Å². The van der Waals surface area contributed by atoms with E-state index >= 15 is 0 Å². The molecule has 0 aliphatic carbocycles. The largest absolute Gasteiger partial charge is 0.387 e. The fraction of sp³-hybridized carbons (Fsp3) is 0.0833.